The maximum Gasteiger partial charge on any atom is 0.149 e. The molecule has 326 valence electrons. The van der Waals surface area contributed by atoms with Crippen molar-refractivity contribution in [3.63, 3.8) is 0 Å². The Kier molecular flexibility index (Phi) is 10.5. The van der Waals surface area contributed by atoms with Gasteiger partial charge in [-0.05, 0) is 123 Å². The SMILES string of the molecule is [2H]C([2H])(c1ccc(-n2c(-c3ccccc3O)nc3c(-c4cc(-c5ccccc5)cc(-c5cc(-c6cccc(C(C)(C)c7ccccc7)c6)ccn5)c4)cccc32)c(-c2ccccc2)c1)C1CCCC1. The van der Waals surface area contributed by atoms with E-state index in [9.17, 15) is 7.85 Å². The predicted molar refractivity (Wildman–Crippen MR) is 277 cm³/mol. The van der Waals surface area contributed by atoms with Crippen LogP contribution in [0.3, 0.4) is 0 Å². The number of hydrogen-bond donors (Lipinski definition) is 1. The summed E-state index contributed by atoms with van der Waals surface area (Å²) in [4.78, 5) is 10.5. The van der Waals surface area contributed by atoms with Gasteiger partial charge in [0.1, 0.15) is 11.6 Å². The highest BCUT2D eigenvalue weighted by molar-refractivity contribution is 5.98. The Labute approximate surface area is 396 Å². The second-order valence-corrected chi connectivity index (χ2v) is 18.4. The van der Waals surface area contributed by atoms with Crippen molar-refractivity contribution < 1.29 is 7.85 Å². The third-order valence-electron chi connectivity index (χ3n) is 13.7. The Bertz CT molecular complexity index is 3470. The zero-order chi connectivity index (χ0) is 47.1. The van der Waals surface area contributed by atoms with E-state index in [0.717, 1.165) is 98.2 Å². The summed E-state index contributed by atoms with van der Waals surface area (Å²) in [5.41, 5.74) is 16.1. The molecule has 4 heteroatoms. The molecule has 1 saturated carbocycles. The van der Waals surface area contributed by atoms with E-state index in [1.807, 2.05) is 66.9 Å². The van der Waals surface area contributed by atoms with Crippen molar-refractivity contribution in [3.05, 3.63) is 229 Å². The fourth-order valence-electron chi connectivity index (χ4n) is 10.0. The van der Waals surface area contributed by atoms with Crippen molar-refractivity contribution in [2.75, 3.05) is 0 Å². The average Bonchev–Trinajstić information content (AvgIpc) is 4.10. The molecule has 0 spiro atoms. The minimum atomic E-state index is -1.48. The fraction of sp³-hybridized carbons (Fsp3) is 0.143. The molecule has 10 aromatic rings. The van der Waals surface area contributed by atoms with E-state index < -0.39 is 6.37 Å². The highest BCUT2D eigenvalue weighted by atomic mass is 16.3. The monoisotopic (exact) mass is 869 g/mol. The van der Waals surface area contributed by atoms with Gasteiger partial charge in [-0.25, -0.2) is 4.98 Å². The first-order chi connectivity index (χ1) is 33.6. The van der Waals surface area contributed by atoms with Crippen LogP contribution in [0.1, 0.15) is 59.0 Å². The summed E-state index contributed by atoms with van der Waals surface area (Å²) in [7, 11) is 0. The van der Waals surface area contributed by atoms with Crippen molar-refractivity contribution in [1.29, 1.82) is 0 Å². The number of benzene rings is 8. The molecule has 0 bridgehead atoms. The maximum absolute atomic E-state index is 11.5. The molecule has 8 aromatic carbocycles. The number of phenols is 1. The predicted octanol–water partition coefficient (Wildman–Crippen LogP) is 16.2. The van der Waals surface area contributed by atoms with Gasteiger partial charge in [-0.15, -0.1) is 0 Å². The Morgan fingerprint density at radius 1 is 0.537 bits per heavy atom. The van der Waals surface area contributed by atoms with Crippen LogP contribution in [-0.2, 0) is 11.8 Å². The van der Waals surface area contributed by atoms with E-state index in [-0.39, 0.29) is 17.1 Å². The molecule has 0 aliphatic heterocycles. The van der Waals surface area contributed by atoms with Gasteiger partial charge in [0.05, 0.1) is 28.0 Å². The van der Waals surface area contributed by atoms with E-state index in [1.54, 1.807) is 6.07 Å². The van der Waals surface area contributed by atoms with Crippen LogP contribution < -0.4 is 0 Å². The van der Waals surface area contributed by atoms with E-state index in [1.165, 1.54) is 11.1 Å². The maximum atomic E-state index is 11.5. The second-order valence-electron chi connectivity index (χ2n) is 18.4. The smallest absolute Gasteiger partial charge is 0.149 e. The van der Waals surface area contributed by atoms with Gasteiger partial charge in [0.25, 0.3) is 0 Å². The van der Waals surface area contributed by atoms with Gasteiger partial charge in [-0.2, -0.15) is 0 Å². The second kappa shape index (κ2) is 17.9. The minimum Gasteiger partial charge on any atom is -0.507 e. The summed E-state index contributed by atoms with van der Waals surface area (Å²) in [6, 6.07) is 70.9. The van der Waals surface area contributed by atoms with E-state index >= 15 is 0 Å². The van der Waals surface area contributed by atoms with E-state index in [2.05, 4.69) is 158 Å². The number of rotatable bonds is 11. The summed E-state index contributed by atoms with van der Waals surface area (Å²) in [6.45, 7) is 4.56. The number of aromatic nitrogens is 3. The molecule has 67 heavy (non-hydrogen) atoms. The molecule has 1 aliphatic carbocycles. The number of para-hydroxylation sites is 2. The molecule has 1 fully saturated rings. The fourth-order valence-corrected chi connectivity index (χ4v) is 10.0. The van der Waals surface area contributed by atoms with Crippen molar-refractivity contribution in [2.24, 2.45) is 5.92 Å². The Balaban J connectivity index is 1.09. The van der Waals surface area contributed by atoms with Crippen LogP contribution in [-0.4, -0.2) is 19.6 Å². The Hall–Kier alpha value is -7.82. The quantitative estimate of drug-likeness (QED) is 0.141. The van der Waals surface area contributed by atoms with E-state index in [4.69, 9.17) is 9.97 Å². The van der Waals surface area contributed by atoms with Crippen LogP contribution in [0.15, 0.2) is 212 Å². The molecule has 1 aliphatic rings. The van der Waals surface area contributed by atoms with Crippen LogP contribution in [0.25, 0.3) is 83.9 Å². The molecule has 2 heterocycles. The third-order valence-corrected chi connectivity index (χ3v) is 13.7. The molecular formula is C63H53N3O. The molecule has 0 atom stereocenters. The number of phenolic OH excluding ortho intramolecular Hbond substituents is 1. The normalized spacial score (nSPS) is 13.7. The number of nitrogens with zero attached hydrogens (tertiary/aromatic N) is 3. The van der Waals surface area contributed by atoms with Gasteiger partial charge in [-0.3, -0.25) is 9.55 Å². The van der Waals surface area contributed by atoms with Crippen molar-refractivity contribution in [1.82, 2.24) is 14.5 Å². The summed E-state index contributed by atoms with van der Waals surface area (Å²) in [6.07, 6.45) is 4.31. The van der Waals surface area contributed by atoms with Crippen molar-refractivity contribution in [2.45, 2.75) is 51.3 Å². The van der Waals surface area contributed by atoms with Gasteiger partial charge in [-0.1, -0.05) is 185 Å². The lowest BCUT2D eigenvalue weighted by Crippen LogP contribution is -2.18. The van der Waals surface area contributed by atoms with Gasteiger partial charge in [0.2, 0.25) is 0 Å². The van der Waals surface area contributed by atoms with Crippen molar-refractivity contribution in [3.8, 4) is 78.6 Å². The van der Waals surface area contributed by atoms with Gasteiger partial charge in [0.15, 0.2) is 0 Å². The van der Waals surface area contributed by atoms with Crippen LogP contribution in [0, 0.1) is 5.92 Å². The number of imidazole rings is 1. The molecule has 0 radical (unpaired) electrons. The first kappa shape index (κ1) is 39.5. The lowest BCUT2D eigenvalue weighted by Gasteiger charge is -2.26. The zero-order valence-corrected chi connectivity index (χ0v) is 37.9. The minimum absolute atomic E-state index is 0.0295. The molecule has 0 saturated heterocycles. The first-order valence-corrected chi connectivity index (χ1v) is 23.5. The van der Waals surface area contributed by atoms with Crippen LogP contribution in [0.2, 0.25) is 0 Å². The van der Waals surface area contributed by atoms with Crippen LogP contribution >= 0.6 is 0 Å². The van der Waals surface area contributed by atoms with Crippen molar-refractivity contribution >= 4 is 11.0 Å². The van der Waals surface area contributed by atoms with E-state index in [0.29, 0.717) is 17.0 Å². The summed E-state index contributed by atoms with van der Waals surface area (Å²) < 4.78 is 21.0. The number of hydrogen-bond acceptors (Lipinski definition) is 3. The summed E-state index contributed by atoms with van der Waals surface area (Å²) in [5, 5.41) is 11.5. The molecule has 0 unspecified atom stereocenters. The molecule has 0 amide bonds. The van der Waals surface area contributed by atoms with Gasteiger partial charge < -0.3 is 5.11 Å². The Morgan fingerprint density at radius 2 is 1.16 bits per heavy atom. The summed E-state index contributed by atoms with van der Waals surface area (Å²) in [5.74, 6) is 0.684. The number of aromatic hydroxyl groups is 1. The lowest BCUT2D eigenvalue weighted by atomic mass is 9.77. The number of pyridine rings is 1. The van der Waals surface area contributed by atoms with Crippen LogP contribution in [0.4, 0.5) is 0 Å². The highest BCUT2D eigenvalue weighted by Crippen LogP contribution is 2.43. The lowest BCUT2D eigenvalue weighted by molar-refractivity contribution is 0.477. The summed E-state index contributed by atoms with van der Waals surface area (Å²) >= 11 is 0. The third kappa shape index (κ3) is 8.25. The Morgan fingerprint density at radius 3 is 1.94 bits per heavy atom. The number of fused-ring (bicyclic) bond motifs is 1. The first-order valence-electron chi connectivity index (χ1n) is 24.5. The zero-order valence-electron chi connectivity index (χ0n) is 39.9. The molecule has 2 aromatic heterocycles. The molecule has 4 nitrogen and oxygen atoms in total. The standard InChI is InChI=1S/C63H53N3O/c1-63(2,52-25-10-5-11-26-52)53-27-16-24-47(41-53)48-34-35-64-57(42-48)51-39-49(45-20-6-3-7-21-45)38-50(40-51)54-29-17-30-59-61(54)65-62(55-28-14-15-31-60(55)67)66(59)58-33-32-44(36-43-18-12-13-19-43)37-56(58)46-22-8-4-9-23-46/h3-11,14-17,20-35,37-43,67H,12-13,18-19,36H2,1-2H3/i36D2. The van der Waals surface area contributed by atoms with Crippen LogP contribution in [0.5, 0.6) is 5.75 Å². The molecule has 1 N–H and O–H groups in total. The van der Waals surface area contributed by atoms with Gasteiger partial charge in [0, 0.05) is 31.0 Å². The molecular weight excluding hydrogens is 815 g/mol. The topological polar surface area (TPSA) is 50.9 Å². The molecule has 11 rings (SSSR count). The average molecular weight is 870 g/mol. The van der Waals surface area contributed by atoms with Gasteiger partial charge >= 0.3 is 0 Å². The highest BCUT2D eigenvalue weighted by Gasteiger charge is 2.25. The largest absolute Gasteiger partial charge is 0.507 e.